The summed E-state index contributed by atoms with van der Waals surface area (Å²) in [6.07, 6.45) is 1.76. The van der Waals surface area contributed by atoms with Gasteiger partial charge in [-0.25, -0.2) is 17.9 Å². The van der Waals surface area contributed by atoms with E-state index in [0.29, 0.717) is 17.7 Å². The maximum atomic E-state index is 13.5. The van der Waals surface area contributed by atoms with E-state index in [2.05, 4.69) is 25.9 Å². The SMILES string of the molecule is Cc1ccn(-c2ccc(NCCNC(=O)c3ccc(F)c(F)c3F)nn2)n1. The molecule has 0 aliphatic carbocycles. The molecule has 0 atom stereocenters. The number of halogens is 3. The summed E-state index contributed by atoms with van der Waals surface area (Å²) >= 11 is 0. The molecule has 140 valence electrons. The predicted octanol–water partition coefficient (Wildman–Crippen LogP) is 2.23. The molecule has 3 rings (SSSR count). The minimum Gasteiger partial charge on any atom is -0.367 e. The van der Waals surface area contributed by atoms with Crippen LogP contribution in [0.1, 0.15) is 16.1 Å². The van der Waals surface area contributed by atoms with Crippen LogP contribution in [0.2, 0.25) is 0 Å². The zero-order valence-corrected chi connectivity index (χ0v) is 14.2. The zero-order valence-electron chi connectivity index (χ0n) is 14.2. The fraction of sp³-hybridized carbons (Fsp3) is 0.176. The first-order valence-electron chi connectivity index (χ1n) is 7.97. The molecule has 0 saturated heterocycles. The normalized spacial score (nSPS) is 10.7. The molecule has 0 bridgehead atoms. The monoisotopic (exact) mass is 376 g/mol. The number of hydrogen-bond donors (Lipinski definition) is 2. The smallest absolute Gasteiger partial charge is 0.254 e. The van der Waals surface area contributed by atoms with E-state index in [0.717, 1.165) is 11.8 Å². The van der Waals surface area contributed by atoms with Gasteiger partial charge in [0.15, 0.2) is 23.3 Å². The molecule has 1 aromatic carbocycles. The van der Waals surface area contributed by atoms with E-state index in [1.807, 2.05) is 13.0 Å². The van der Waals surface area contributed by atoms with E-state index < -0.39 is 28.9 Å². The van der Waals surface area contributed by atoms with Gasteiger partial charge in [0.2, 0.25) is 0 Å². The van der Waals surface area contributed by atoms with E-state index in [-0.39, 0.29) is 13.1 Å². The van der Waals surface area contributed by atoms with Gasteiger partial charge in [-0.1, -0.05) is 0 Å². The maximum Gasteiger partial charge on any atom is 0.254 e. The lowest BCUT2D eigenvalue weighted by Gasteiger charge is -2.08. The molecule has 0 aliphatic heterocycles. The van der Waals surface area contributed by atoms with Gasteiger partial charge in [0.25, 0.3) is 5.91 Å². The summed E-state index contributed by atoms with van der Waals surface area (Å²) < 4.78 is 41.2. The third-order valence-corrected chi connectivity index (χ3v) is 3.60. The number of aromatic nitrogens is 4. The fourth-order valence-electron chi connectivity index (χ4n) is 2.25. The van der Waals surface area contributed by atoms with Gasteiger partial charge >= 0.3 is 0 Å². The first-order valence-corrected chi connectivity index (χ1v) is 7.97. The molecule has 0 fully saturated rings. The van der Waals surface area contributed by atoms with Gasteiger partial charge in [-0.05, 0) is 37.3 Å². The number of benzene rings is 1. The molecule has 0 saturated carbocycles. The number of nitrogens with one attached hydrogen (secondary N) is 2. The van der Waals surface area contributed by atoms with E-state index in [4.69, 9.17) is 0 Å². The minimum absolute atomic E-state index is 0.110. The lowest BCUT2D eigenvalue weighted by Crippen LogP contribution is -2.30. The van der Waals surface area contributed by atoms with Crippen LogP contribution >= 0.6 is 0 Å². The Kier molecular flexibility index (Phi) is 5.34. The van der Waals surface area contributed by atoms with Crippen LogP contribution in [0, 0.1) is 24.4 Å². The molecule has 2 heterocycles. The third kappa shape index (κ3) is 4.22. The largest absolute Gasteiger partial charge is 0.367 e. The summed E-state index contributed by atoms with van der Waals surface area (Å²) in [5.41, 5.74) is 0.291. The first-order chi connectivity index (χ1) is 13.0. The lowest BCUT2D eigenvalue weighted by atomic mass is 10.2. The molecule has 1 amide bonds. The standard InChI is InChI=1S/C17H15F3N6O/c1-10-6-9-26(25-10)14-5-4-13(23-24-14)21-7-8-22-17(27)11-2-3-12(18)16(20)15(11)19/h2-6,9H,7-8H2,1H3,(H,21,23)(H,22,27). The molecule has 0 aliphatic rings. The molecular weight excluding hydrogens is 361 g/mol. The van der Waals surface area contributed by atoms with Crippen molar-refractivity contribution in [3.05, 3.63) is 65.2 Å². The summed E-state index contributed by atoms with van der Waals surface area (Å²) in [6, 6.07) is 6.83. The molecule has 3 aromatic rings. The Morgan fingerprint density at radius 1 is 1.04 bits per heavy atom. The predicted molar refractivity (Wildman–Crippen MR) is 91.0 cm³/mol. The minimum atomic E-state index is -1.68. The number of rotatable bonds is 6. The number of nitrogens with zero attached hydrogens (tertiary/aromatic N) is 4. The second kappa shape index (κ2) is 7.85. The van der Waals surface area contributed by atoms with E-state index in [1.54, 1.807) is 23.0 Å². The molecule has 10 heteroatoms. The van der Waals surface area contributed by atoms with Crippen LogP contribution < -0.4 is 10.6 Å². The molecular formula is C17H15F3N6O. The number of carbonyl (C=O) groups is 1. The van der Waals surface area contributed by atoms with E-state index in [9.17, 15) is 18.0 Å². The zero-order chi connectivity index (χ0) is 19.4. The van der Waals surface area contributed by atoms with E-state index >= 15 is 0 Å². The van der Waals surface area contributed by atoms with Gasteiger partial charge in [0, 0.05) is 19.3 Å². The van der Waals surface area contributed by atoms with Crippen LogP contribution in [0.25, 0.3) is 5.82 Å². The molecule has 0 unspecified atom stereocenters. The number of aryl methyl sites for hydroxylation is 1. The maximum absolute atomic E-state index is 13.5. The number of anilines is 1. The lowest BCUT2D eigenvalue weighted by molar-refractivity contribution is 0.0950. The second-order valence-corrected chi connectivity index (χ2v) is 5.58. The highest BCUT2D eigenvalue weighted by molar-refractivity contribution is 5.94. The Labute approximate surface area is 152 Å². The van der Waals surface area contributed by atoms with Gasteiger partial charge < -0.3 is 10.6 Å². The second-order valence-electron chi connectivity index (χ2n) is 5.58. The van der Waals surface area contributed by atoms with Crippen LogP contribution in [0.3, 0.4) is 0 Å². The summed E-state index contributed by atoms with van der Waals surface area (Å²) in [7, 11) is 0. The molecule has 2 aromatic heterocycles. The van der Waals surface area contributed by atoms with Crippen molar-refractivity contribution in [2.45, 2.75) is 6.92 Å². The van der Waals surface area contributed by atoms with Crippen molar-refractivity contribution in [2.75, 3.05) is 18.4 Å². The highest BCUT2D eigenvalue weighted by Crippen LogP contribution is 2.15. The number of hydrogen-bond acceptors (Lipinski definition) is 5. The van der Waals surface area contributed by atoms with Crippen molar-refractivity contribution in [1.82, 2.24) is 25.3 Å². The Bertz CT molecular complexity index is 958. The van der Waals surface area contributed by atoms with Crippen LogP contribution in [-0.4, -0.2) is 39.0 Å². The molecule has 0 radical (unpaired) electrons. The Balaban J connectivity index is 1.50. The van der Waals surface area contributed by atoms with Crippen LogP contribution in [-0.2, 0) is 0 Å². The Hall–Kier alpha value is -3.43. The van der Waals surface area contributed by atoms with Crippen molar-refractivity contribution in [3.8, 4) is 5.82 Å². The topological polar surface area (TPSA) is 84.7 Å². The highest BCUT2D eigenvalue weighted by atomic mass is 19.2. The van der Waals surface area contributed by atoms with Gasteiger partial charge in [-0.2, -0.15) is 5.10 Å². The number of amides is 1. The number of carbonyl (C=O) groups excluding carboxylic acids is 1. The summed E-state index contributed by atoms with van der Waals surface area (Å²) in [5.74, 6) is -4.37. The average Bonchev–Trinajstić information content (AvgIpc) is 3.10. The quantitative estimate of drug-likeness (QED) is 0.509. The Morgan fingerprint density at radius 2 is 1.85 bits per heavy atom. The van der Waals surface area contributed by atoms with Gasteiger partial charge in [-0.3, -0.25) is 4.79 Å². The van der Waals surface area contributed by atoms with Crippen molar-refractivity contribution in [3.63, 3.8) is 0 Å². The van der Waals surface area contributed by atoms with Gasteiger partial charge in [0.05, 0.1) is 11.3 Å². The van der Waals surface area contributed by atoms with Crippen LogP contribution in [0.15, 0.2) is 36.5 Å². The van der Waals surface area contributed by atoms with Crippen molar-refractivity contribution in [2.24, 2.45) is 0 Å². The summed E-state index contributed by atoms with van der Waals surface area (Å²) in [4.78, 5) is 11.8. The van der Waals surface area contributed by atoms with Gasteiger partial charge in [-0.15, -0.1) is 10.2 Å². The molecule has 0 spiro atoms. The van der Waals surface area contributed by atoms with Crippen molar-refractivity contribution < 1.29 is 18.0 Å². The van der Waals surface area contributed by atoms with E-state index in [1.165, 1.54) is 0 Å². The molecule has 7 nitrogen and oxygen atoms in total. The first kappa shape index (κ1) is 18.4. The average molecular weight is 376 g/mol. The van der Waals surface area contributed by atoms with Gasteiger partial charge in [0.1, 0.15) is 5.82 Å². The fourth-order valence-corrected chi connectivity index (χ4v) is 2.25. The molecule has 2 N–H and O–H groups in total. The Morgan fingerprint density at radius 3 is 2.52 bits per heavy atom. The third-order valence-electron chi connectivity index (χ3n) is 3.60. The van der Waals surface area contributed by atoms with Crippen molar-refractivity contribution in [1.29, 1.82) is 0 Å². The summed E-state index contributed by atoms with van der Waals surface area (Å²) in [5, 5.41) is 17.6. The summed E-state index contributed by atoms with van der Waals surface area (Å²) in [6.45, 7) is 2.24. The van der Waals surface area contributed by atoms with Crippen molar-refractivity contribution >= 4 is 11.7 Å². The highest BCUT2D eigenvalue weighted by Gasteiger charge is 2.18. The van der Waals surface area contributed by atoms with Crippen LogP contribution in [0.5, 0.6) is 0 Å². The molecule has 27 heavy (non-hydrogen) atoms. The van der Waals surface area contributed by atoms with Crippen LogP contribution in [0.4, 0.5) is 19.0 Å².